The Morgan fingerprint density at radius 2 is 1.96 bits per heavy atom. The van der Waals surface area contributed by atoms with E-state index in [0.29, 0.717) is 28.7 Å². The first-order valence-corrected chi connectivity index (χ1v) is 9.48. The molecule has 25 heavy (non-hydrogen) atoms. The summed E-state index contributed by atoms with van der Waals surface area (Å²) in [7, 11) is 0. The quantitative estimate of drug-likeness (QED) is 0.651. The summed E-state index contributed by atoms with van der Waals surface area (Å²) >= 11 is 1.31. The Bertz CT molecular complexity index is 759. The third-order valence-electron chi connectivity index (χ3n) is 4.39. The van der Waals surface area contributed by atoms with Gasteiger partial charge in [-0.1, -0.05) is 25.6 Å². The first kappa shape index (κ1) is 17.8. The molecule has 1 saturated heterocycles. The molecular formula is C16H25N7OS. The lowest BCUT2D eigenvalue weighted by Gasteiger charge is -2.34. The van der Waals surface area contributed by atoms with Crippen LogP contribution in [0.5, 0.6) is 0 Å². The maximum Gasteiger partial charge on any atom is 0.271 e. The van der Waals surface area contributed by atoms with Gasteiger partial charge in [0.15, 0.2) is 0 Å². The fourth-order valence-corrected chi connectivity index (χ4v) is 4.18. The number of likely N-dealkylation sites (tertiary alicyclic amines) is 1. The second kappa shape index (κ2) is 7.07. The highest BCUT2D eigenvalue weighted by Gasteiger charge is 2.26. The lowest BCUT2D eigenvalue weighted by molar-refractivity contribution is -0.130. The Morgan fingerprint density at radius 3 is 2.56 bits per heavy atom. The minimum absolute atomic E-state index is 0.124. The Labute approximate surface area is 151 Å². The monoisotopic (exact) mass is 363 g/mol. The van der Waals surface area contributed by atoms with E-state index in [2.05, 4.69) is 29.1 Å². The molecule has 1 aliphatic rings. The van der Waals surface area contributed by atoms with Crippen LogP contribution in [0.2, 0.25) is 0 Å². The average Bonchev–Trinajstić information content (AvgIpc) is 3.05. The van der Waals surface area contributed by atoms with Gasteiger partial charge < -0.3 is 10.7 Å². The van der Waals surface area contributed by atoms with Gasteiger partial charge in [0, 0.05) is 18.8 Å². The number of amides is 1. The number of hydrogen-bond donors (Lipinski definition) is 1. The lowest BCUT2D eigenvalue weighted by atomic mass is 9.92. The first-order valence-electron chi connectivity index (χ1n) is 8.50. The van der Waals surface area contributed by atoms with E-state index in [1.807, 2.05) is 24.8 Å². The van der Waals surface area contributed by atoms with Crippen LogP contribution in [0.4, 0.5) is 0 Å². The van der Waals surface area contributed by atoms with Gasteiger partial charge >= 0.3 is 0 Å². The van der Waals surface area contributed by atoms with E-state index in [1.54, 1.807) is 4.68 Å². The number of thioether (sulfide) groups is 1. The van der Waals surface area contributed by atoms with Crippen molar-refractivity contribution in [3.05, 3.63) is 17.5 Å². The first-order chi connectivity index (χ1) is 11.8. The second-order valence-electron chi connectivity index (χ2n) is 7.02. The fourth-order valence-electron chi connectivity index (χ4n) is 3.43. The highest BCUT2D eigenvalue weighted by Crippen LogP contribution is 2.23. The molecule has 136 valence electrons. The molecule has 3 heterocycles. The van der Waals surface area contributed by atoms with Crippen LogP contribution in [0.15, 0.2) is 11.2 Å². The maximum atomic E-state index is 12.5. The van der Waals surface area contributed by atoms with Gasteiger partial charge in [0.25, 0.3) is 5.95 Å². The number of nitrogen functional groups attached to an aromatic ring is 1. The number of carbonyl (C=O) groups is 1. The van der Waals surface area contributed by atoms with Crippen molar-refractivity contribution in [3.63, 3.8) is 0 Å². The third-order valence-corrected chi connectivity index (χ3v) is 5.32. The van der Waals surface area contributed by atoms with Crippen molar-refractivity contribution in [1.29, 1.82) is 0 Å². The molecule has 3 rings (SSSR count). The van der Waals surface area contributed by atoms with Gasteiger partial charge in [-0.05, 0) is 38.2 Å². The zero-order valence-corrected chi connectivity index (χ0v) is 16.0. The number of aryl methyl sites for hydroxylation is 2. The van der Waals surface area contributed by atoms with Crippen LogP contribution in [-0.4, -0.2) is 54.3 Å². The van der Waals surface area contributed by atoms with Gasteiger partial charge in [-0.2, -0.15) is 5.10 Å². The molecule has 2 aromatic rings. The minimum Gasteiger partial charge on any atom is -0.341 e. The van der Waals surface area contributed by atoms with E-state index in [9.17, 15) is 4.79 Å². The molecule has 0 aliphatic carbocycles. The van der Waals surface area contributed by atoms with E-state index in [0.717, 1.165) is 24.5 Å². The summed E-state index contributed by atoms with van der Waals surface area (Å²) in [6, 6.07) is 1.95. The predicted molar refractivity (Wildman–Crippen MR) is 97.0 cm³/mol. The standard InChI is InChI=1S/C16H25N7OS/c1-10-5-11(2)8-21(7-10)14(24)9-25-16-19-18-15(22(16)17)23-13(4)6-12(3)20-23/h6,10-11H,5,7-9,17H2,1-4H3/t10-,11-/m0/s1. The van der Waals surface area contributed by atoms with Gasteiger partial charge in [0.1, 0.15) is 0 Å². The largest absolute Gasteiger partial charge is 0.341 e. The second-order valence-corrected chi connectivity index (χ2v) is 7.97. The molecule has 9 heteroatoms. The van der Waals surface area contributed by atoms with E-state index in [4.69, 9.17) is 5.84 Å². The summed E-state index contributed by atoms with van der Waals surface area (Å²) in [6.45, 7) is 9.89. The summed E-state index contributed by atoms with van der Waals surface area (Å²) in [5.74, 6) is 8.09. The highest BCUT2D eigenvalue weighted by molar-refractivity contribution is 7.99. The molecule has 1 aliphatic heterocycles. The van der Waals surface area contributed by atoms with Crippen molar-refractivity contribution in [1.82, 2.24) is 29.6 Å². The smallest absolute Gasteiger partial charge is 0.271 e. The third kappa shape index (κ3) is 3.81. The Hall–Kier alpha value is -2.03. The van der Waals surface area contributed by atoms with Crippen LogP contribution in [0.1, 0.15) is 31.7 Å². The van der Waals surface area contributed by atoms with E-state index < -0.39 is 0 Å². The normalized spacial score (nSPS) is 20.9. The van der Waals surface area contributed by atoms with Crippen LogP contribution in [0.3, 0.4) is 0 Å². The van der Waals surface area contributed by atoms with Crippen molar-refractivity contribution in [2.75, 3.05) is 24.7 Å². The summed E-state index contributed by atoms with van der Waals surface area (Å²) < 4.78 is 3.04. The summed E-state index contributed by atoms with van der Waals surface area (Å²) in [6.07, 6.45) is 1.18. The molecule has 2 atom stereocenters. The predicted octanol–water partition coefficient (Wildman–Crippen LogP) is 1.39. The van der Waals surface area contributed by atoms with Crippen molar-refractivity contribution >= 4 is 17.7 Å². The van der Waals surface area contributed by atoms with E-state index >= 15 is 0 Å². The highest BCUT2D eigenvalue weighted by atomic mass is 32.2. The number of carbonyl (C=O) groups excluding carboxylic acids is 1. The molecule has 0 spiro atoms. The van der Waals surface area contributed by atoms with Gasteiger partial charge in [-0.25, -0.2) is 9.36 Å². The number of aromatic nitrogens is 5. The number of rotatable bonds is 4. The average molecular weight is 363 g/mol. The van der Waals surface area contributed by atoms with Gasteiger partial charge in [0.2, 0.25) is 11.1 Å². The number of nitrogens with two attached hydrogens (primary N) is 1. The number of nitrogens with zero attached hydrogens (tertiary/aromatic N) is 6. The van der Waals surface area contributed by atoms with Crippen LogP contribution in [0.25, 0.3) is 5.95 Å². The molecule has 2 N–H and O–H groups in total. The molecule has 1 amide bonds. The van der Waals surface area contributed by atoms with Crippen molar-refractivity contribution in [2.24, 2.45) is 11.8 Å². The molecule has 1 fully saturated rings. The van der Waals surface area contributed by atoms with E-state index in [-0.39, 0.29) is 5.91 Å². The summed E-state index contributed by atoms with van der Waals surface area (Å²) in [4.78, 5) is 14.4. The van der Waals surface area contributed by atoms with Gasteiger partial charge in [-0.3, -0.25) is 4.79 Å². The summed E-state index contributed by atoms with van der Waals surface area (Å²) in [5.41, 5.74) is 1.82. The van der Waals surface area contributed by atoms with Gasteiger partial charge in [0.05, 0.1) is 11.4 Å². The van der Waals surface area contributed by atoms with Crippen LogP contribution in [-0.2, 0) is 4.79 Å². The molecule has 0 saturated carbocycles. The van der Waals surface area contributed by atoms with Crippen LogP contribution < -0.4 is 5.84 Å². The SMILES string of the molecule is Cc1cc(C)n(-c2nnc(SCC(=O)N3C[C@@H](C)C[C@H](C)C3)n2N)n1. The summed E-state index contributed by atoms with van der Waals surface area (Å²) in [5, 5.41) is 13.1. The van der Waals surface area contributed by atoms with Crippen molar-refractivity contribution < 1.29 is 4.79 Å². The maximum absolute atomic E-state index is 12.5. The number of piperidine rings is 1. The minimum atomic E-state index is 0.124. The van der Waals surface area contributed by atoms with Crippen molar-refractivity contribution in [2.45, 2.75) is 39.3 Å². The molecule has 2 aromatic heterocycles. The van der Waals surface area contributed by atoms with Crippen LogP contribution in [0, 0.1) is 25.7 Å². The molecule has 0 unspecified atom stereocenters. The van der Waals surface area contributed by atoms with Crippen LogP contribution >= 0.6 is 11.8 Å². The Balaban J connectivity index is 1.66. The molecule has 0 radical (unpaired) electrons. The molecular weight excluding hydrogens is 338 g/mol. The molecule has 0 bridgehead atoms. The molecule has 8 nitrogen and oxygen atoms in total. The van der Waals surface area contributed by atoms with E-state index in [1.165, 1.54) is 22.9 Å². The topological polar surface area (TPSA) is 94.9 Å². The number of hydrogen-bond acceptors (Lipinski definition) is 6. The fraction of sp³-hybridized carbons (Fsp3) is 0.625. The Kier molecular flexibility index (Phi) is 5.03. The van der Waals surface area contributed by atoms with Gasteiger partial charge in [-0.15, -0.1) is 10.2 Å². The van der Waals surface area contributed by atoms with Crippen molar-refractivity contribution in [3.8, 4) is 5.95 Å². The lowest BCUT2D eigenvalue weighted by Crippen LogP contribution is -2.43. The Morgan fingerprint density at radius 1 is 1.28 bits per heavy atom. The zero-order valence-electron chi connectivity index (χ0n) is 15.1. The zero-order chi connectivity index (χ0) is 18.1. The molecule has 0 aromatic carbocycles.